The van der Waals surface area contributed by atoms with Crippen molar-refractivity contribution in [1.29, 1.82) is 0 Å². The maximum absolute atomic E-state index is 3.41. The van der Waals surface area contributed by atoms with Crippen LogP contribution >= 0.6 is 0 Å². The second-order valence-corrected chi connectivity index (χ2v) is 4.11. The zero-order valence-electron chi connectivity index (χ0n) is 8.96. The van der Waals surface area contributed by atoms with E-state index < -0.39 is 0 Å². The lowest BCUT2D eigenvalue weighted by molar-refractivity contribution is 0.400. The molecule has 1 aliphatic heterocycles. The van der Waals surface area contributed by atoms with Crippen LogP contribution in [-0.4, -0.2) is 19.3 Å². The van der Waals surface area contributed by atoms with Crippen LogP contribution in [-0.2, 0) is 0 Å². The monoisotopic (exact) mass is 190 g/mol. The highest BCUT2D eigenvalue weighted by Crippen LogP contribution is 2.31. The average molecular weight is 190 g/mol. The minimum Gasteiger partial charge on any atom is -0.354 e. The summed E-state index contributed by atoms with van der Waals surface area (Å²) in [6, 6.07) is 10.6. The van der Waals surface area contributed by atoms with Gasteiger partial charge in [0.05, 0.1) is 5.66 Å². The van der Waals surface area contributed by atoms with Crippen LogP contribution in [0.4, 0.5) is 5.69 Å². The molecular weight excluding hydrogens is 172 g/mol. The van der Waals surface area contributed by atoms with Gasteiger partial charge >= 0.3 is 0 Å². The van der Waals surface area contributed by atoms with Gasteiger partial charge in [-0.05, 0) is 38.9 Å². The van der Waals surface area contributed by atoms with Crippen LogP contribution in [0.15, 0.2) is 30.3 Å². The summed E-state index contributed by atoms with van der Waals surface area (Å²) in [6.07, 6.45) is 2.49. The Labute approximate surface area is 85.9 Å². The number of rotatable bonds is 2. The molecule has 1 aliphatic rings. The molecule has 1 aromatic carbocycles. The molecule has 1 heterocycles. The van der Waals surface area contributed by atoms with E-state index in [2.05, 4.69) is 47.5 Å². The Morgan fingerprint density at radius 1 is 1.29 bits per heavy atom. The number of para-hydroxylation sites is 1. The highest BCUT2D eigenvalue weighted by atomic mass is 15.3. The van der Waals surface area contributed by atoms with Gasteiger partial charge in [0.25, 0.3) is 0 Å². The van der Waals surface area contributed by atoms with Gasteiger partial charge in [-0.3, -0.25) is 5.32 Å². The number of nitrogens with one attached hydrogen (secondary N) is 1. The Morgan fingerprint density at radius 2 is 2.00 bits per heavy atom. The zero-order valence-corrected chi connectivity index (χ0v) is 8.96. The molecule has 1 saturated heterocycles. The molecule has 0 amide bonds. The second kappa shape index (κ2) is 3.62. The first kappa shape index (κ1) is 9.53. The van der Waals surface area contributed by atoms with Crippen molar-refractivity contribution in [3.8, 4) is 0 Å². The van der Waals surface area contributed by atoms with Gasteiger partial charge in [0, 0.05) is 12.2 Å². The summed E-state index contributed by atoms with van der Waals surface area (Å²) in [6.45, 7) is 3.42. The van der Waals surface area contributed by atoms with Gasteiger partial charge in [-0.2, -0.15) is 0 Å². The zero-order chi connectivity index (χ0) is 10.0. The fourth-order valence-corrected chi connectivity index (χ4v) is 2.25. The van der Waals surface area contributed by atoms with E-state index in [0.29, 0.717) is 0 Å². The van der Waals surface area contributed by atoms with Crippen molar-refractivity contribution in [3.63, 3.8) is 0 Å². The van der Waals surface area contributed by atoms with E-state index in [1.807, 2.05) is 7.05 Å². The average Bonchev–Trinajstić information content (AvgIpc) is 2.63. The van der Waals surface area contributed by atoms with Crippen molar-refractivity contribution in [2.45, 2.75) is 25.4 Å². The van der Waals surface area contributed by atoms with E-state index in [0.717, 1.165) is 6.54 Å². The highest BCUT2D eigenvalue weighted by Gasteiger charge is 2.34. The van der Waals surface area contributed by atoms with Crippen LogP contribution in [0.1, 0.15) is 19.8 Å². The fourth-order valence-electron chi connectivity index (χ4n) is 2.25. The van der Waals surface area contributed by atoms with E-state index in [9.17, 15) is 0 Å². The normalized spacial score (nSPS) is 26.9. The summed E-state index contributed by atoms with van der Waals surface area (Å²) in [7, 11) is 2.04. The molecule has 1 atom stereocenters. The van der Waals surface area contributed by atoms with Gasteiger partial charge in [0.15, 0.2) is 0 Å². The lowest BCUT2D eigenvalue weighted by Gasteiger charge is -2.36. The standard InChI is InChI=1S/C12H18N2/c1-12(13-2)9-6-10-14(12)11-7-4-3-5-8-11/h3-5,7-8,13H,6,9-10H2,1-2H3. The van der Waals surface area contributed by atoms with E-state index >= 15 is 0 Å². The lowest BCUT2D eigenvalue weighted by atomic mass is 10.1. The molecule has 0 bridgehead atoms. The Hall–Kier alpha value is -1.02. The largest absolute Gasteiger partial charge is 0.354 e. The molecule has 1 fully saturated rings. The van der Waals surface area contributed by atoms with Crippen LogP contribution in [0, 0.1) is 0 Å². The van der Waals surface area contributed by atoms with Crippen molar-refractivity contribution >= 4 is 5.69 Å². The van der Waals surface area contributed by atoms with Gasteiger partial charge in [-0.1, -0.05) is 18.2 Å². The molecule has 0 aliphatic carbocycles. The molecule has 1 aromatic rings. The quantitative estimate of drug-likeness (QED) is 0.769. The van der Waals surface area contributed by atoms with Gasteiger partial charge < -0.3 is 4.90 Å². The van der Waals surface area contributed by atoms with Crippen LogP contribution in [0.2, 0.25) is 0 Å². The van der Waals surface area contributed by atoms with Crippen molar-refractivity contribution in [3.05, 3.63) is 30.3 Å². The summed E-state index contributed by atoms with van der Waals surface area (Å²) in [5, 5.41) is 3.41. The summed E-state index contributed by atoms with van der Waals surface area (Å²) in [5.41, 5.74) is 1.46. The third kappa shape index (κ3) is 1.50. The second-order valence-electron chi connectivity index (χ2n) is 4.11. The van der Waals surface area contributed by atoms with Crippen LogP contribution in [0.3, 0.4) is 0 Å². The van der Waals surface area contributed by atoms with E-state index in [1.54, 1.807) is 0 Å². The van der Waals surface area contributed by atoms with Gasteiger partial charge in [-0.25, -0.2) is 0 Å². The summed E-state index contributed by atoms with van der Waals surface area (Å²) < 4.78 is 0. The van der Waals surface area contributed by atoms with Gasteiger partial charge in [0.1, 0.15) is 0 Å². The minimum absolute atomic E-state index is 0.140. The molecule has 2 heteroatoms. The first-order chi connectivity index (χ1) is 6.76. The molecule has 0 spiro atoms. The van der Waals surface area contributed by atoms with Crippen molar-refractivity contribution < 1.29 is 0 Å². The maximum Gasteiger partial charge on any atom is 0.0877 e. The summed E-state index contributed by atoms with van der Waals surface area (Å²) in [4.78, 5) is 2.45. The van der Waals surface area contributed by atoms with Crippen molar-refractivity contribution in [1.82, 2.24) is 5.32 Å². The molecule has 0 aromatic heterocycles. The van der Waals surface area contributed by atoms with Gasteiger partial charge in [-0.15, -0.1) is 0 Å². The Balaban J connectivity index is 2.26. The van der Waals surface area contributed by atoms with Gasteiger partial charge in [0.2, 0.25) is 0 Å². The maximum atomic E-state index is 3.41. The molecule has 0 radical (unpaired) electrons. The Bertz CT molecular complexity index is 296. The van der Waals surface area contributed by atoms with Crippen LogP contribution in [0.5, 0.6) is 0 Å². The molecule has 14 heavy (non-hydrogen) atoms. The smallest absolute Gasteiger partial charge is 0.0877 e. The first-order valence-electron chi connectivity index (χ1n) is 5.28. The fraction of sp³-hybridized carbons (Fsp3) is 0.500. The van der Waals surface area contributed by atoms with E-state index in [-0.39, 0.29) is 5.66 Å². The third-order valence-corrected chi connectivity index (χ3v) is 3.25. The molecule has 1 N–H and O–H groups in total. The number of hydrogen-bond acceptors (Lipinski definition) is 2. The number of hydrogen-bond donors (Lipinski definition) is 1. The summed E-state index contributed by atoms with van der Waals surface area (Å²) in [5.74, 6) is 0. The molecule has 76 valence electrons. The first-order valence-corrected chi connectivity index (χ1v) is 5.28. The predicted octanol–water partition coefficient (Wildman–Crippen LogP) is 2.22. The van der Waals surface area contributed by atoms with Crippen LogP contribution < -0.4 is 10.2 Å². The predicted molar refractivity (Wildman–Crippen MR) is 60.5 cm³/mol. The van der Waals surface area contributed by atoms with Crippen LogP contribution in [0.25, 0.3) is 0 Å². The lowest BCUT2D eigenvalue weighted by Crippen LogP contribution is -2.51. The Morgan fingerprint density at radius 3 is 2.64 bits per heavy atom. The summed E-state index contributed by atoms with van der Waals surface area (Å²) >= 11 is 0. The number of anilines is 1. The number of benzene rings is 1. The number of nitrogens with zero attached hydrogens (tertiary/aromatic N) is 1. The molecule has 1 unspecified atom stereocenters. The molecular formula is C12H18N2. The SMILES string of the molecule is CNC1(C)CCCN1c1ccccc1. The minimum atomic E-state index is 0.140. The van der Waals surface area contributed by atoms with E-state index in [4.69, 9.17) is 0 Å². The molecule has 2 nitrogen and oxygen atoms in total. The van der Waals surface area contributed by atoms with Crippen molar-refractivity contribution in [2.24, 2.45) is 0 Å². The molecule has 2 rings (SSSR count). The Kier molecular flexibility index (Phi) is 2.46. The van der Waals surface area contributed by atoms with E-state index in [1.165, 1.54) is 18.5 Å². The third-order valence-electron chi connectivity index (χ3n) is 3.25. The molecule has 0 saturated carbocycles. The van der Waals surface area contributed by atoms with Crippen molar-refractivity contribution in [2.75, 3.05) is 18.5 Å². The topological polar surface area (TPSA) is 15.3 Å². The highest BCUT2D eigenvalue weighted by molar-refractivity contribution is 5.49.